The van der Waals surface area contributed by atoms with Crippen LogP contribution in [-0.2, 0) is 28.0 Å². The Morgan fingerprint density at radius 2 is 1.45 bits per heavy atom. The summed E-state index contributed by atoms with van der Waals surface area (Å²) in [4.78, 5) is 28.0. The predicted molar refractivity (Wildman–Crippen MR) is 132 cm³/mol. The Morgan fingerprint density at radius 3 is 1.94 bits per heavy atom. The first kappa shape index (κ1) is 26.6. The number of hydrogen-bond acceptors (Lipinski definition) is 2. The summed E-state index contributed by atoms with van der Waals surface area (Å²) in [6.45, 7) is 14.5. The van der Waals surface area contributed by atoms with Gasteiger partial charge in [-0.25, -0.2) is 4.39 Å². The first-order valence-electron chi connectivity index (χ1n) is 11.8. The standard InChI is InChI=1S/C28H39FN2O2/c1-8-24(26(33)30-28(5,6)7)31(19-21-11-16-23(29)17-12-21)25(32)18-13-20-9-14-22(15-10-20)27(2,3)4/h9-12,14-17,24H,8,13,18-19H2,1-7H3,(H,30,33)/t24-/m0/s1. The van der Waals surface area contributed by atoms with Crippen molar-refractivity contribution < 1.29 is 14.0 Å². The Morgan fingerprint density at radius 1 is 0.909 bits per heavy atom. The summed E-state index contributed by atoms with van der Waals surface area (Å²) in [6, 6.07) is 13.9. The highest BCUT2D eigenvalue weighted by atomic mass is 19.1. The van der Waals surface area contributed by atoms with Crippen LogP contribution in [0.3, 0.4) is 0 Å². The van der Waals surface area contributed by atoms with E-state index in [1.165, 1.54) is 17.7 Å². The van der Waals surface area contributed by atoms with Gasteiger partial charge in [0, 0.05) is 18.5 Å². The summed E-state index contributed by atoms with van der Waals surface area (Å²) in [5.41, 5.74) is 2.81. The maximum absolute atomic E-state index is 13.4. The van der Waals surface area contributed by atoms with Gasteiger partial charge in [0.1, 0.15) is 11.9 Å². The van der Waals surface area contributed by atoms with Crippen molar-refractivity contribution in [1.29, 1.82) is 0 Å². The molecule has 0 saturated heterocycles. The average molecular weight is 455 g/mol. The molecule has 2 amide bonds. The van der Waals surface area contributed by atoms with E-state index in [0.29, 0.717) is 19.3 Å². The molecule has 0 aliphatic heterocycles. The third kappa shape index (κ3) is 8.30. The lowest BCUT2D eigenvalue weighted by atomic mass is 9.86. The van der Waals surface area contributed by atoms with Crippen molar-refractivity contribution in [2.75, 3.05) is 0 Å². The van der Waals surface area contributed by atoms with E-state index in [1.54, 1.807) is 17.0 Å². The lowest BCUT2D eigenvalue weighted by Crippen LogP contribution is -2.53. The number of hydrogen-bond donors (Lipinski definition) is 1. The number of carbonyl (C=O) groups is 2. The molecule has 0 radical (unpaired) electrons. The third-order valence-corrected chi connectivity index (χ3v) is 5.60. The fourth-order valence-electron chi connectivity index (χ4n) is 3.73. The number of aryl methyl sites for hydroxylation is 1. The molecule has 1 atom stereocenters. The summed E-state index contributed by atoms with van der Waals surface area (Å²) >= 11 is 0. The molecular formula is C28H39FN2O2. The molecule has 0 fully saturated rings. The van der Waals surface area contributed by atoms with E-state index >= 15 is 0 Å². The van der Waals surface area contributed by atoms with Crippen LogP contribution in [0.5, 0.6) is 0 Å². The molecule has 2 aromatic rings. The first-order chi connectivity index (χ1) is 15.3. The average Bonchev–Trinajstić information content (AvgIpc) is 2.71. The van der Waals surface area contributed by atoms with Crippen LogP contribution in [0.4, 0.5) is 4.39 Å². The normalized spacial score (nSPS) is 12.8. The topological polar surface area (TPSA) is 49.4 Å². The monoisotopic (exact) mass is 454 g/mol. The summed E-state index contributed by atoms with van der Waals surface area (Å²) in [6.07, 6.45) is 1.39. The van der Waals surface area contributed by atoms with Crippen LogP contribution in [0.2, 0.25) is 0 Å². The quantitative estimate of drug-likeness (QED) is 0.550. The number of amides is 2. The summed E-state index contributed by atoms with van der Waals surface area (Å²) in [7, 11) is 0. The molecule has 5 heteroatoms. The zero-order valence-electron chi connectivity index (χ0n) is 21.2. The van der Waals surface area contributed by atoms with Crippen molar-refractivity contribution in [2.24, 2.45) is 0 Å². The number of nitrogens with zero attached hydrogens (tertiary/aromatic N) is 1. The lowest BCUT2D eigenvalue weighted by Gasteiger charge is -2.33. The second kappa shape index (κ2) is 11.0. The third-order valence-electron chi connectivity index (χ3n) is 5.60. The van der Waals surface area contributed by atoms with Gasteiger partial charge in [-0.05, 0) is 67.9 Å². The van der Waals surface area contributed by atoms with Crippen LogP contribution >= 0.6 is 0 Å². The fraction of sp³-hybridized carbons (Fsp3) is 0.500. The molecular weight excluding hydrogens is 415 g/mol. The van der Waals surface area contributed by atoms with Gasteiger partial charge in [0.2, 0.25) is 11.8 Å². The maximum Gasteiger partial charge on any atom is 0.243 e. The van der Waals surface area contributed by atoms with Crippen LogP contribution < -0.4 is 5.32 Å². The van der Waals surface area contributed by atoms with Gasteiger partial charge >= 0.3 is 0 Å². The fourth-order valence-corrected chi connectivity index (χ4v) is 3.73. The Labute approximate surface area is 198 Å². The van der Waals surface area contributed by atoms with Gasteiger partial charge in [0.05, 0.1) is 0 Å². The zero-order chi connectivity index (χ0) is 24.8. The number of benzene rings is 2. The molecule has 0 unspecified atom stereocenters. The lowest BCUT2D eigenvalue weighted by molar-refractivity contribution is -0.142. The highest BCUT2D eigenvalue weighted by Crippen LogP contribution is 2.23. The Balaban J connectivity index is 2.20. The van der Waals surface area contributed by atoms with Crippen molar-refractivity contribution in [3.05, 3.63) is 71.0 Å². The van der Waals surface area contributed by atoms with E-state index in [-0.39, 0.29) is 29.6 Å². The van der Waals surface area contributed by atoms with Crippen LogP contribution in [0.25, 0.3) is 0 Å². The Bertz CT molecular complexity index is 922. The minimum absolute atomic E-state index is 0.0784. The van der Waals surface area contributed by atoms with Crippen LogP contribution in [0, 0.1) is 5.82 Å². The summed E-state index contributed by atoms with van der Waals surface area (Å²) in [5.74, 6) is -0.585. The summed E-state index contributed by atoms with van der Waals surface area (Å²) < 4.78 is 13.4. The molecule has 0 spiro atoms. The molecule has 4 nitrogen and oxygen atoms in total. The largest absolute Gasteiger partial charge is 0.350 e. The Hall–Kier alpha value is -2.69. The molecule has 180 valence electrons. The minimum Gasteiger partial charge on any atom is -0.350 e. The number of carbonyl (C=O) groups excluding carboxylic acids is 2. The maximum atomic E-state index is 13.4. The van der Waals surface area contributed by atoms with Gasteiger partial charge in [-0.2, -0.15) is 0 Å². The molecule has 0 aliphatic rings. The molecule has 1 N–H and O–H groups in total. The van der Waals surface area contributed by atoms with Crippen molar-refractivity contribution in [1.82, 2.24) is 10.2 Å². The highest BCUT2D eigenvalue weighted by molar-refractivity contribution is 5.88. The molecule has 0 bridgehead atoms. The molecule has 0 aromatic heterocycles. The molecule has 2 rings (SSSR count). The smallest absolute Gasteiger partial charge is 0.243 e. The molecule has 2 aromatic carbocycles. The van der Waals surface area contributed by atoms with E-state index in [1.807, 2.05) is 27.7 Å². The van der Waals surface area contributed by atoms with Gasteiger partial charge < -0.3 is 10.2 Å². The van der Waals surface area contributed by atoms with Crippen LogP contribution in [0.1, 0.15) is 78.0 Å². The minimum atomic E-state index is -0.593. The second-order valence-corrected chi connectivity index (χ2v) is 10.8. The number of nitrogens with one attached hydrogen (secondary N) is 1. The molecule has 0 aliphatic carbocycles. The van der Waals surface area contributed by atoms with Crippen LogP contribution in [-0.4, -0.2) is 28.3 Å². The number of halogens is 1. The van der Waals surface area contributed by atoms with E-state index in [2.05, 4.69) is 50.4 Å². The van der Waals surface area contributed by atoms with E-state index in [4.69, 9.17) is 0 Å². The van der Waals surface area contributed by atoms with Crippen molar-refractivity contribution in [2.45, 2.75) is 91.3 Å². The van der Waals surface area contributed by atoms with E-state index in [0.717, 1.165) is 11.1 Å². The molecule has 33 heavy (non-hydrogen) atoms. The van der Waals surface area contributed by atoms with Crippen molar-refractivity contribution >= 4 is 11.8 Å². The van der Waals surface area contributed by atoms with E-state index < -0.39 is 11.6 Å². The molecule has 0 heterocycles. The SMILES string of the molecule is CC[C@@H](C(=O)NC(C)(C)C)N(Cc1ccc(F)cc1)C(=O)CCc1ccc(C(C)(C)C)cc1. The van der Waals surface area contributed by atoms with Crippen molar-refractivity contribution in [3.8, 4) is 0 Å². The Kier molecular flexibility index (Phi) is 8.82. The molecule has 0 saturated carbocycles. The van der Waals surface area contributed by atoms with Crippen LogP contribution in [0.15, 0.2) is 48.5 Å². The summed E-state index contributed by atoms with van der Waals surface area (Å²) in [5, 5.41) is 3.00. The van der Waals surface area contributed by atoms with Gasteiger partial charge in [0.25, 0.3) is 0 Å². The van der Waals surface area contributed by atoms with Gasteiger partial charge in [-0.15, -0.1) is 0 Å². The number of rotatable bonds is 8. The zero-order valence-corrected chi connectivity index (χ0v) is 21.2. The second-order valence-electron chi connectivity index (χ2n) is 10.8. The van der Waals surface area contributed by atoms with Gasteiger partial charge in [0.15, 0.2) is 0 Å². The first-order valence-corrected chi connectivity index (χ1v) is 11.8. The van der Waals surface area contributed by atoms with Gasteiger partial charge in [-0.1, -0.05) is 64.1 Å². The van der Waals surface area contributed by atoms with Crippen molar-refractivity contribution in [3.63, 3.8) is 0 Å². The van der Waals surface area contributed by atoms with Gasteiger partial charge in [-0.3, -0.25) is 9.59 Å². The van der Waals surface area contributed by atoms with E-state index in [9.17, 15) is 14.0 Å². The highest BCUT2D eigenvalue weighted by Gasteiger charge is 2.30. The predicted octanol–water partition coefficient (Wildman–Crippen LogP) is 5.78.